The molecule has 1 aromatic carbocycles. The Kier molecular flexibility index (Phi) is 10.8. The first-order chi connectivity index (χ1) is 15.1. The standard InChI is InChI=1S/C21H32N6O4.HI/c1-22-21(24-15-6-7-20-25-19(14-28-2)26-27(20)13-15)23-8-5-9-31-18-11-16(29-3)10-17(12-18)30-4;/h10-12,15H,5-9,13-14H2,1-4H3,(H2,22,23,24);1H. The number of rotatable bonds is 10. The number of guanidine groups is 1. The minimum atomic E-state index is 0. The van der Waals surface area contributed by atoms with Crippen molar-refractivity contribution in [2.75, 3.05) is 41.5 Å². The molecule has 0 spiro atoms. The van der Waals surface area contributed by atoms with E-state index in [1.54, 1.807) is 28.4 Å². The summed E-state index contributed by atoms with van der Waals surface area (Å²) in [6.45, 7) is 2.49. The fourth-order valence-corrected chi connectivity index (χ4v) is 3.39. The minimum absolute atomic E-state index is 0. The van der Waals surface area contributed by atoms with Crippen molar-refractivity contribution >= 4 is 29.9 Å². The molecule has 32 heavy (non-hydrogen) atoms. The highest BCUT2D eigenvalue weighted by Gasteiger charge is 2.22. The van der Waals surface area contributed by atoms with Crippen molar-refractivity contribution in [3.8, 4) is 17.2 Å². The number of nitrogens with one attached hydrogen (secondary N) is 2. The lowest BCUT2D eigenvalue weighted by Crippen LogP contribution is -2.47. The Morgan fingerprint density at radius 3 is 2.53 bits per heavy atom. The van der Waals surface area contributed by atoms with Crippen LogP contribution in [0.25, 0.3) is 0 Å². The molecule has 1 unspecified atom stereocenters. The van der Waals surface area contributed by atoms with Crippen LogP contribution < -0.4 is 24.8 Å². The molecule has 11 heteroatoms. The zero-order chi connectivity index (χ0) is 22.1. The molecular formula is C21H33IN6O4. The summed E-state index contributed by atoms with van der Waals surface area (Å²) in [5.41, 5.74) is 0. The van der Waals surface area contributed by atoms with Crippen molar-refractivity contribution in [1.29, 1.82) is 0 Å². The van der Waals surface area contributed by atoms with Crippen LogP contribution in [-0.2, 0) is 24.3 Å². The van der Waals surface area contributed by atoms with Gasteiger partial charge in [-0.25, -0.2) is 9.67 Å². The second-order valence-electron chi connectivity index (χ2n) is 7.19. The van der Waals surface area contributed by atoms with Gasteiger partial charge in [-0.2, -0.15) is 5.10 Å². The predicted octanol–water partition coefficient (Wildman–Crippen LogP) is 2.01. The van der Waals surface area contributed by atoms with E-state index >= 15 is 0 Å². The Morgan fingerprint density at radius 2 is 1.88 bits per heavy atom. The number of hydrogen-bond acceptors (Lipinski definition) is 7. The Labute approximate surface area is 206 Å². The fourth-order valence-electron chi connectivity index (χ4n) is 3.39. The van der Waals surface area contributed by atoms with E-state index in [1.165, 1.54) is 0 Å². The van der Waals surface area contributed by atoms with Gasteiger partial charge in [-0.3, -0.25) is 4.99 Å². The number of aromatic nitrogens is 3. The molecule has 1 aromatic heterocycles. The topological polar surface area (TPSA) is 104 Å². The monoisotopic (exact) mass is 560 g/mol. The van der Waals surface area contributed by atoms with Crippen molar-refractivity contribution in [3.63, 3.8) is 0 Å². The average Bonchev–Trinajstić information content (AvgIpc) is 3.19. The molecule has 0 bridgehead atoms. The van der Waals surface area contributed by atoms with Crippen molar-refractivity contribution in [1.82, 2.24) is 25.4 Å². The third-order valence-corrected chi connectivity index (χ3v) is 4.95. The van der Waals surface area contributed by atoms with Crippen LogP contribution >= 0.6 is 24.0 Å². The quantitative estimate of drug-likeness (QED) is 0.197. The molecule has 0 saturated carbocycles. The van der Waals surface area contributed by atoms with Crippen LogP contribution in [-0.4, -0.2) is 68.3 Å². The summed E-state index contributed by atoms with van der Waals surface area (Å²) in [6.07, 6.45) is 2.67. The molecule has 2 heterocycles. The zero-order valence-electron chi connectivity index (χ0n) is 19.1. The van der Waals surface area contributed by atoms with Crippen LogP contribution in [0.4, 0.5) is 0 Å². The van der Waals surface area contributed by atoms with Gasteiger partial charge in [0.15, 0.2) is 11.8 Å². The lowest BCUT2D eigenvalue weighted by Gasteiger charge is -2.25. The number of aliphatic imine (C=N–C) groups is 1. The zero-order valence-corrected chi connectivity index (χ0v) is 21.4. The Morgan fingerprint density at radius 1 is 1.16 bits per heavy atom. The second kappa shape index (κ2) is 13.3. The molecule has 0 fully saturated rings. The Balaban J connectivity index is 0.00000363. The van der Waals surface area contributed by atoms with Gasteiger partial charge in [0, 0.05) is 51.4 Å². The van der Waals surface area contributed by atoms with Crippen molar-refractivity contribution in [3.05, 3.63) is 29.8 Å². The summed E-state index contributed by atoms with van der Waals surface area (Å²) >= 11 is 0. The van der Waals surface area contributed by atoms with E-state index in [9.17, 15) is 0 Å². The molecule has 0 saturated heterocycles. The number of methoxy groups -OCH3 is 3. The number of halogens is 1. The van der Waals surface area contributed by atoms with Gasteiger partial charge < -0.3 is 29.6 Å². The fraction of sp³-hybridized carbons (Fsp3) is 0.571. The molecule has 1 aliphatic heterocycles. The third-order valence-electron chi connectivity index (χ3n) is 4.95. The molecule has 2 N–H and O–H groups in total. The van der Waals surface area contributed by atoms with Gasteiger partial charge >= 0.3 is 0 Å². The Hall–Kier alpha value is -2.28. The lowest BCUT2D eigenvalue weighted by atomic mass is 10.1. The number of hydrogen-bond donors (Lipinski definition) is 2. The van der Waals surface area contributed by atoms with E-state index in [2.05, 4.69) is 25.7 Å². The van der Waals surface area contributed by atoms with Crippen molar-refractivity contribution < 1.29 is 18.9 Å². The number of aryl methyl sites for hydroxylation is 1. The molecule has 0 radical (unpaired) electrons. The first kappa shape index (κ1) is 26.0. The maximum Gasteiger partial charge on any atom is 0.191 e. The van der Waals surface area contributed by atoms with E-state index in [0.717, 1.165) is 55.7 Å². The van der Waals surface area contributed by atoms with Crippen molar-refractivity contribution in [2.24, 2.45) is 4.99 Å². The molecule has 10 nitrogen and oxygen atoms in total. The third kappa shape index (κ3) is 7.40. The number of benzene rings is 1. The predicted molar refractivity (Wildman–Crippen MR) is 132 cm³/mol. The molecule has 2 aromatic rings. The maximum atomic E-state index is 5.83. The van der Waals surface area contributed by atoms with Crippen LogP contribution in [0.2, 0.25) is 0 Å². The van der Waals surface area contributed by atoms with E-state index in [0.29, 0.717) is 24.7 Å². The van der Waals surface area contributed by atoms with E-state index in [1.807, 2.05) is 22.9 Å². The van der Waals surface area contributed by atoms with E-state index in [4.69, 9.17) is 18.9 Å². The van der Waals surface area contributed by atoms with Gasteiger partial charge in [-0.15, -0.1) is 24.0 Å². The highest BCUT2D eigenvalue weighted by molar-refractivity contribution is 14.0. The SMILES string of the molecule is CN=C(NCCCOc1cc(OC)cc(OC)c1)NC1CCc2nc(COC)nn2C1.I. The van der Waals surface area contributed by atoms with Crippen LogP contribution in [0, 0.1) is 0 Å². The second-order valence-corrected chi connectivity index (χ2v) is 7.19. The van der Waals surface area contributed by atoms with Gasteiger partial charge in [0.2, 0.25) is 0 Å². The highest BCUT2D eigenvalue weighted by Crippen LogP contribution is 2.27. The molecule has 0 amide bonds. The first-order valence-corrected chi connectivity index (χ1v) is 10.4. The summed E-state index contributed by atoms with van der Waals surface area (Å²) in [5.74, 6) is 4.64. The normalized spacial score (nSPS) is 15.4. The number of fused-ring (bicyclic) bond motifs is 1. The lowest BCUT2D eigenvalue weighted by molar-refractivity contribution is 0.177. The molecule has 0 aliphatic carbocycles. The van der Waals surface area contributed by atoms with Gasteiger partial charge in [0.1, 0.15) is 29.7 Å². The van der Waals surface area contributed by atoms with E-state index in [-0.39, 0.29) is 30.0 Å². The van der Waals surface area contributed by atoms with Gasteiger partial charge in [-0.05, 0) is 12.8 Å². The molecular weight excluding hydrogens is 527 g/mol. The average molecular weight is 560 g/mol. The summed E-state index contributed by atoms with van der Waals surface area (Å²) in [4.78, 5) is 8.84. The van der Waals surface area contributed by atoms with Crippen LogP contribution in [0.3, 0.4) is 0 Å². The molecule has 178 valence electrons. The van der Waals surface area contributed by atoms with Crippen LogP contribution in [0.15, 0.2) is 23.2 Å². The summed E-state index contributed by atoms with van der Waals surface area (Å²) in [6, 6.07) is 5.75. The summed E-state index contributed by atoms with van der Waals surface area (Å²) in [5, 5.41) is 11.3. The van der Waals surface area contributed by atoms with Gasteiger partial charge in [-0.1, -0.05) is 0 Å². The van der Waals surface area contributed by atoms with E-state index < -0.39 is 0 Å². The van der Waals surface area contributed by atoms with Gasteiger partial charge in [0.25, 0.3) is 0 Å². The first-order valence-electron chi connectivity index (χ1n) is 10.4. The summed E-state index contributed by atoms with van der Waals surface area (Å²) in [7, 11) is 6.67. The van der Waals surface area contributed by atoms with Gasteiger partial charge in [0.05, 0.1) is 27.4 Å². The van der Waals surface area contributed by atoms with Crippen LogP contribution in [0.1, 0.15) is 24.5 Å². The Bertz CT molecular complexity index is 854. The maximum absolute atomic E-state index is 5.83. The highest BCUT2D eigenvalue weighted by atomic mass is 127. The summed E-state index contributed by atoms with van der Waals surface area (Å²) < 4.78 is 23.4. The van der Waals surface area contributed by atoms with Crippen molar-refractivity contribution in [2.45, 2.75) is 38.5 Å². The minimum Gasteiger partial charge on any atom is -0.496 e. The smallest absolute Gasteiger partial charge is 0.191 e. The number of nitrogens with zero attached hydrogens (tertiary/aromatic N) is 4. The molecule has 1 atom stereocenters. The largest absolute Gasteiger partial charge is 0.496 e. The van der Waals surface area contributed by atoms with Crippen LogP contribution in [0.5, 0.6) is 17.2 Å². The molecule has 1 aliphatic rings. The molecule has 3 rings (SSSR count). The number of ether oxygens (including phenoxy) is 4.